The van der Waals surface area contributed by atoms with E-state index in [9.17, 15) is 18.0 Å². The van der Waals surface area contributed by atoms with E-state index in [-0.39, 0.29) is 17.1 Å². The van der Waals surface area contributed by atoms with Gasteiger partial charge in [0.05, 0.1) is 22.2 Å². The number of nitrogens with two attached hydrogens (primary N) is 1. The van der Waals surface area contributed by atoms with Crippen LogP contribution >= 0.6 is 11.6 Å². The first-order chi connectivity index (χ1) is 22.1. The molecular formula is C38H50ClF3N4O. The number of alkyl halides is 3. The number of nitrogens with one attached hydrogen (secondary N) is 1. The van der Waals surface area contributed by atoms with E-state index in [2.05, 4.69) is 80.9 Å². The lowest BCUT2D eigenvalue weighted by atomic mass is 9.86. The van der Waals surface area contributed by atoms with Crippen LogP contribution in [0.2, 0.25) is 5.02 Å². The molecule has 4 unspecified atom stereocenters. The van der Waals surface area contributed by atoms with E-state index in [4.69, 9.17) is 17.3 Å². The highest BCUT2D eigenvalue weighted by Crippen LogP contribution is 2.39. The molecule has 9 heteroatoms. The summed E-state index contributed by atoms with van der Waals surface area (Å²) in [4.78, 5) is 18.0. The first kappa shape index (κ1) is 36.9. The van der Waals surface area contributed by atoms with Crippen LogP contribution < -0.4 is 11.1 Å². The van der Waals surface area contributed by atoms with Crippen LogP contribution in [0.1, 0.15) is 106 Å². The molecule has 2 aliphatic rings. The summed E-state index contributed by atoms with van der Waals surface area (Å²) in [5, 5.41) is 2.39. The molecule has 5 rings (SSSR count). The Morgan fingerprint density at radius 1 is 0.787 bits per heavy atom. The molecular weight excluding hydrogens is 621 g/mol. The molecule has 0 radical (unpaired) electrons. The number of carbonyl (C=O) groups is 1. The Morgan fingerprint density at radius 3 is 1.74 bits per heavy atom. The van der Waals surface area contributed by atoms with E-state index in [1.165, 1.54) is 37.1 Å². The number of hydrogen-bond donors (Lipinski definition) is 2. The van der Waals surface area contributed by atoms with Crippen molar-refractivity contribution in [3.63, 3.8) is 0 Å². The van der Waals surface area contributed by atoms with Crippen LogP contribution in [0.4, 0.5) is 13.2 Å². The molecule has 47 heavy (non-hydrogen) atoms. The number of nitrogens with zero attached hydrogens (tertiary/aromatic N) is 2. The molecule has 4 atom stereocenters. The minimum absolute atomic E-state index is 0.0251. The lowest BCUT2D eigenvalue weighted by Gasteiger charge is -2.45. The fourth-order valence-electron chi connectivity index (χ4n) is 7.44. The molecule has 3 aromatic rings. The second-order valence-electron chi connectivity index (χ2n) is 14.0. The summed E-state index contributed by atoms with van der Waals surface area (Å²) in [6.07, 6.45) is 0.103. The molecule has 3 aromatic carbocycles. The summed E-state index contributed by atoms with van der Waals surface area (Å²) < 4.78 is 39.7. The van der Waals surface area contributed by atoms with Crippen molar-refractivity contribution in [1.29, 1.82) is 0 Å². The van der Waals surface area contributed by atoms with E-state index in [0.717, 1.165) is 31.0 Å². The van der Waals surface area contributed by atoms with E-state index in [0.29, 0.717) is 12.1 Å². The molecule has 2 heterocycles. The monoisotopic (exact) mass is 670 g/mol. The van der Waals surface area contributed by atoms with Gasteiger partial charge in [-0.15, -0.1) is 0 Å². The van der Waals surface area contributed by atoms with Crippen LogP contribution in [0.3, 0.4) is 0 Å². The van der Waals surface area contributed by atoms with Crippen molar-refractivity contribution >= 4 is 17.5 Å². The summed E-state index contributed by atoms with van der Waals surface area (Å²) >= 11 is 5.99. The SMILES string of the molecule is CC1CCCN1C(C)(C)C(N)c1ccccc1.CC1CCCN1C(C)(C)C(NC(=O)c1cccc(C(F)(F)F)c1Cl)c1ccccc1. The van der Waals surface area contributed by atoms with Crippen molar-refractivity contribution in [2.45, 2.75) is 109 Å². The summed E-state index contributed by atoms with van der Waals surface area (Å²) in [6.45, 7) is 15.2. The lowest BCUT2D eigenvalue weighted by Crippen LogP contribution is -2.54. The predicted molar refractivity (Wildman–Crippen MR) is 185 cm³/mol. The third kappa shape index (κ3) is 8.40. The highest BCUT2D eigenvalue weighted by atomic mass is 35.5. The molecule has 5 nitrogen and oxygen atoms in total. The Morgan fingerprint density at radius 2 is 1.28 bits per heavy atom. The zero-order chi connectivity index (χ0) is 34.6. The maximum atomic E-state index is 13.2. The number of likely N-dealkylation sites (tertiary alicyclic amines) is 2. The van der Waals surface area contributed by atoms with Crippen molar-refractivity contribution in [3.8, 4) is 0 Å². The second-order valence-corrected chi connectivity index (χ2v) is 14.4. The van der Waals surface area contributed by atoms with Gasteiger partial charge in [0.25, 0.3) is 5.91 Å². The fourth-order valence-corrected chi connectivity index (χ4v) is 7.76. The standard InChI is InChI=1S/C23H26ClF3N2O.C15H24N2/c1-15-9-8-14-29(15)22(2,3)20(16-10-5-4-6-11-16)28-21(30)17-12-7-13-18(19(17)24)23(25,26)27;1-12-8-7-11-17(12)15(2,3)14(16)13-9-5-4-6-10-13/h4-7,10-13,15,20H,8-9,14H2,1-3H3,(H,28,30);4-6,9-10,12,14H,7-8,11,16H2,1-3H3. The Hall–Kier alpha value is -2.91. The highest BCUT2D eigenvalue weighted by Gasteiger charge is 2.42. The lowest BCUT2D eigenvalue weighted by molar-refractivity contribution is -0.137. The fraction of sp³-hybridized carbons (Fsp3) is 0.500. The van der Waals surface area contributed by atoms with E-state index in [1.54, 1.807) is 0 Å². The summed E-state index contributed by atoms with van der Waals surface area (Å²) in [7, 11) is 0. The van der Waals surface area contributed by atoms with Crippen LogP contribution in [-0.2, 0) is 6.18 Å². The van der Waals surface area contributed by atoms with E-state index in [1.807, 2.05) is 36.4 Å². The Bertz CT molecular complexity index is 1460. The molecule has 3 N–H and O–H groups in total. The Balaban J connectivity index is 0.000000248. The predicted octanol–water partition coefficient (Wildman–Crippen LogP) is 9.04. The van der Waals surface area contributed by atoms with Gasteiger partial charge in [0, 0.05) is 29.2 Å². The van der Waals surface area contributed by atoms with Gasteiger partial charge in [-0.25, -0.2) is 0 Å². The molecule has 0 saturated carbocycles. The summed E-state index contributed by atoms with van der Waals surface area (Å²) in [5.41, 5.74) is 6.96. The molecule has 2 fully saturated rings. The van der Waals surface area contributed by atoms with Gasteiger partial charge < -0.3 is 11.1 Å². The average Bonchev–Trinajstić information content (AvgIpc) is 3.68. The second kappa shape index (κ2) is 15.1. The third-order valence-corrected chi connectivity index (χ3v) is 10.6. The van der Waals surface area contributed by atoms with Crippen LogP contribution in [-0.4, -0.2) is 52.0 Å². The van der Waals surface area contributed by atoms with Gasteiger partial charge in [0.1, 0.15) is 0 Å². The summed E-state index contributed by atoms with van der Waals surface area (Å²) in [5.74, 6) is -0.625. The van der Waals surface area contributed by atoms with Crippen molar-refractivity contribution in [3.05, 3.63) is 106 Å². The van der Waals surface area contributed by atoms with E-state index < -0.39 is 34.3 Å². The normalized spacial score (nSPS) is 20.7. The molecule has 2 aliphatic heterocycles. The highest BCUT2D eigenvalue weighted by molar-refractivity contribution is 6.34. The van der Waals surface area contributed by atoms with Gasteiger partial charge in [-0.3, -0.25) is 14.6 Å². The quantitative estimate of drug-likeness (QED) is 0.251. The number of amides is 1. The summed E-state index contributed by atoms with van der Waals surface area (Å²) in [6, 6.07) is 24.0. The maximum Gasteiger partial charge on any atom is 0.417 e. The number of rotatable bonds is 8. The zero-order valence-electron chi connectivity index (χ0n) is 28.4. The van der Waals surface area contributed by atoms with Crippen molar-refractivity contribution in [2.75, 3.05) is 13.1 Å². The van der Waals surface area contributed by atoms with Crippen molar-refractivity contribution in [1.82, 2.24) is 15.1 Å². The number of hydrogen-bond acceptors (Lipinski definition) is 4. The van der Waals surface area contributed by atoms with E-state index >= 15 is 0 Å². The smallest absolute Gasteiger partial charge is 0.343 e. The average molecular weight is 671 g/mol. The minimum Gasteiger partial charge on any atom is -0.343 e. The molecule has 2 saturated heterocycles. The van der Waals surface area contributed by atoms with Gasteiger partial charge in [-0.1, -0.05) is 78.3 Å². The van der Waals surface area contributed by atoms with Gasteiger partial charge in [0.2, 0.25) is 0 Å². The number of benzene rings is 3. The van der Waals surface area contributed by atoms with Crippen LogP contribution in [0.15, 0.2) is 78.9 Å². The van der Waals surface area contributed by atoms with Gasteiger partial charge in [-0.05, 0) is 104 Å². The van der Waals surface area contributed by atoms with Crippen LogP contribution in [0.5, 0.6) is 0 Å². The molecule has 0 aromatic heterocycles. The molecule has 256 valence electrons. The molecule has 0 bridgehead atoms. The van der Waals surface area contributed by atoms with Gasteiger partial charge in [0.15, 0.2) is 0 Å². The van der Waals surface area contributed by atoms with Crippen molar-refractivity contribution < 1.29 is 18.0 Å². The van der Waals surface area contributed by atoms with Crippen LogP contribution in [0.25, 0.3) is 0 Å². The first-order valence-electron chi connectivity index (χ1n) is 16.6. The Kier molecular flexibility index (Phi) is 11.9. The molecule has 0 spiro atoms. The van der Waals surface area contributed by atoms with Gasteiger partial charge >= 0.3 is 6.18 Å². The minimum atomic E-state index is -4.63. The third-order valence-electron chi connectivity index (χ3n) is 10.2. The maximum absolute atomic E-state index is 13.2. The topological polar surface area (TPSA) is 61.6 Å². The largest absolute Gasteiger partial charge is 0.417 e. The van der Waals surface area contributed by atoms with Crippen LogP contribution in [0, 0.1) is 0 Å². The number of carbonyl (C=O) groups excluding carboxylic acids is 1. The van der Waals surface area contributed by atoms with Crippen molar-refractivity contribution in [2.24, 2.45) is 5.73 Å². The Labute approximate surface area is 283 Å². The first-order valence-corrected chi connectivity index (χ1v) is 17.0. The number of halogens is 4. The molecule has 1 amide bonds. The zero-order valence-corrected chi connectivity index (χ0v) is 29.2. The van der Waals surface area contributed by atoms with Gasteiger partial charge in [-0.2, -0.15) is 13.2 Å². The molecule has 0 aliphatic carbocycles.